The lowest BCUT2D eigenvalue weighted by Gasteiger charge is -2.18. The van der Waals surface area contributed by atoms with E-state index in [9.17, 15) is 13.2 Å². The third kappa shape index (κ3) is 3.31. The Morgan fingerprint density at radius 2 is 2.18 bits per heavy atom. The van der Waals surface area contributed by atoms with Crippen molar-refractivity contribution >= 4 is 16.0 Å². The number of nitrogens with one attached hydrogen (secondary N) is 1. The van der Waals surface area contributed by atoms with Crippen LogP contribution in [0.5, 0.6) is 0 Å². The monoisotopic (exact) mass is 326 g/mol. The van der Waals surface area contributed by atoms with Crippen LogP contribution in [0.4, 0.5) is 0 Å². The fraction of sp³-hybridized carbons (Fsp3) is 0.533. The second-order valence-electron chi connectivity index (χ2n) is 5.55. The van der Waals surface area contributed by atoms with E-state index in [4.69, 9.17) is 0 Å². The largest absolute Gasteiger partial charge is 0.465 e. The predicted octanol–water partition coefficient (Wildman–Crippen LogP) is 1.01. The molecule has 0 saturated carbocycles. The highest BCUT2D eigenvalue weighted by Gasteiger charge is 2.33. The third-order valence-corrected chi connectivity index (χ3v) is 5.98. The Kier molecular flexibility index (Phi) is 5.20. The maximum absolute atomic E-state index is 12.8. The van der Waals surface area contributed by atoms with E-state index in [0.717, 1.165) is 13.0 Å². The summed E-state index contributed by atoms with van der Waals surface area (Å²) in [6.45, 7) is 3.55. The summed E-state index contributed by atoms with van der Waals surface area (Å²) in [5, 5.41) is 3.08. The van der Waals surface area contributed by atoms with Crippen LogP contribution in [-0.4, -0.2) is 52.5 Å². The molecule has 0 amide bonds. The molecule has 1 fully saturated rings. The standard InChI is InChI=1S/C15H22N2O4S/c1-11-4-5-13(15(18)21-3)8-14(11)22(19,20)17-7-6-12(10-17)9-16-2/h4-5,8,12,16H,6-7,9-10H2,1-3H3. The lowest BCUT2D eigenvalue weighted by Crippen LogP contribution is -2.31. The zero-order chi connectivity index (χ0) is 16.3. The van der Waals surface area contributed by atoms with Gasteiger partial charge in [0.05, 0.1) is 17.6 Å². The van der Waals surface area contributed by atoms with Gasteiger partial charge in [-0.05, 0) is 50.6 Å². The minimum absolute atomic E-state index is 0.181. The predicted molar refractivity (Wildman–Crippen MR) is 83.3 cm³/mol. The number of esters is 1. The van der Waals surface area contributed by atoms with Crippen LogP contribution in [0.2, 0.25) is 0 Å². The smallest absolute Gasteiger partial charge is 0.337 e. The molecule has 1 aliphatic rings. The fourth-order valence-electron chi connectivity index (χ4n) is 2.73. The Hall–Kier alpha value is -1.44. The Bertz CT molecular complexity index is 658. The van der Waals surface area contributed by atoms with Gasteiger partial charge in [-0.1, -0.05) is 6.07 Å². The molecule has 6 nitrogen and oxygen atoms in total. The van der Waals surface area contributed by atoms with Crippen molar-refractivity contribution in [2.45, 2.75) is 18.2 Å². The molecule has 1 N–H and O–H groups in total. The van der Waals surface area contributed by atoms with Gasteiger partial charge in [0.2, 0.25) is 10.0 Å². The van der Waals surface area contributed by atoms with Gasteiger partial charge in [0.25, 0.3) is 0 Å². The van der Waals surface area contributed by atoms with Crippen LogP contribution in [0.15, 0.2) is 23.1 Å². The van der Waals surface area contributed by atoms with Gasteiger partial charge >= 0.3 is 5.97 Å². The molecule has 22 heavy (non-hydrogen) atoms. The van der Waals surface area contributed by atoms with Gasteiger partial charge in [0.1, 0.15) is 0 Å². The summed E-state index contributed by atoms with van der Waals surface area (Å²) >= 11 is 0. The maximum Gasteiger partial charge on any atom is 0.337 e. The number of aryl methyl sites for hydroxylation is 1. The molecule has 0 aromatic heterocycles. The first-order valence-electron chi connectivity index (χ1n) is 7.24. The SMILES string of the molecule is CNCC1CCN(S(=O)(=O)c2cc(C(=O)OC)ccc2C)C1. The van der Waals surface area contributed by atoms with Crippen molar-refractivity contribution in [3.63, 3.8) is 0 Å². The number of nitrogens with zero attached hydrogens (tertiary/aromatic N) is 1. The van der Waals surface area contributed by atoms with E-state index >= 15 is 0 Å². The van der Waals surface area contributed by atoms with E-state index in [-0.39, 0.29) is 10.5 Å². The third-order valence-electron chi connectivity index (χ3n) is 3.97. The average molecular weight is 326 g/mol. The van der Waals surface area contributed by atoms with Crippen LogP contribution in [0.1, 0.15) is 22.3 Å². The summed E-state index contributed by atoms with van der Waals surface area (Å²) in [6.07, 6.45) is 0.843. The number of hydrogen-bond donors (Lipinski definition) is 1. The second kappa shape index (κ2) is 6.76. The van der Waals surface area contributed by atoms with Gasteiger partial charge in [-0.15, -0.1) is 0 Å². The number of carbonyl (C=O) groups is 1. The molecule has 0 radical (unpaired) electrons. The molecule has 1 aromatic carbocycles. The normalized spacial score (nSPS) is 19.3. The fourth-order valence-corrected chi connectivity index (χ4v) is 4.51. The lowest BCUT2D eigenvalue weighted by atomic mass is 10.1. The van der Waals surface area contributed by atoms with Crippen LogP contribution < -0.4 is 5.32 Å². The molecule has 122 valence electrons. The minimum Gasteiger partial charge on any atom is -0.465 e. The van der Waals surface area contributed by atoms with Crippen LogP contribution in [0.3, 0.4) is 0 Å². The van der Waals surface area contributed by atoms with Crippen molar-refractivity contribution in [2.75, 3.05) is 33.8 Å². The molecule has 0 bridgehead atoms. The van der Waals surface area contributed by atoms with Gasteiger partial charge in [-0.2, -0.15) is 4.31 Å². The molecular formula is C15H22N2O4S. The molecular weight excluding hydrogens is 304 g/mol. The van der Waals surface area contributed by atoms with E-state index in [2.05, 4.69) is 10.1 Å². The Balaban J connectivity index is 2.32. The number of hydrogen-bond acceptors (Lipinski definition) is 5. The van der Waals surface area contributed by atoms with Gasteiger partial charge in [0.15, 0.2) is 0 Å². The van der Waals surface area contributed by atoms with Crippen LogP contribution in [0.25, 0.3) is 0 Å². The summed E-state index contributed by atoms with van der Waals surface area (Å²) in [6, 6.07) is 4.62. The van der Waals surface area contributed by atoms with Crippen LogP contribution in [-0.2, 0) is 14.8 Å². The molecule has 1 unspecified atom stereocenters. The molecule has 1 aliphatic heterocycles. The van der Waals surface area contributed by atoms with E-state index in [1.807, 2.05) is 7.05 Å². The first-order chi connectivity index (χ1) is 10.4. The van der Waals surface area contributed by atoms with E-state index < -0.39 is 16.0 Å². The van der Waals surface area contributed by atoms with Crippen molar-refractivity contribution in [3.8, 4) is 0 Å². The Morgan fingerprint density at radius 3 is 2.82 bits per heavy atom. The van der Waals surface area contributed by atoms with Crippen LogP contribution in [0, 0.1) is 12.8 Å². The number of methoxy groups -OCH3 is 1. The quantitative estimate of drug-likeness (QED) is 0.818. The summed E-state index contributed by atoms with van der Waals surface area (Å²) in [5.74, 6) is -0.213. The molecule has 7 heteroatoms. The van der Waals surface area contributed by atoms with Gasteiger partial charge in [-0.3, -0.25) is 0 Å². The highest BCUT2D eigenvalue weighted by atomic mass is 32.2. The summed E-state index contributed by atoms with van der Waals surface area (Å²) < 4.78 is 31.8. The molecule has 0 aliphatic carbocycles. The van der Waals surface area contributed by atoms with Gasteiger partial charge in [0, 0.05) is 13.1 Å². The van der Waals surface area contributed by atoms with Gasteiger partial charge in [-0.25, -0.2) is 13.2 Å². The highest BCUT2D eigenvalue weighted by molar-refractivity contribution is 7.89. The molecule has 1 saturated heterocycles. The Morgan fingerprint density at radius 1 is 1.45 bits per heavy atom. The minimum atomic E-state index is -3.59. The zero-order valence-electron chi connectivity index (χ0n) is 13.1. The maximum atomic E-state index is 12.8. The number of carbonyl (C=O) groups excluding carboxylic acids is 1. The van der Waals surface area contributed by atoms with Crippen molar-refractivity contribution in [1.82, 2.24) is 9.62 Å². The van der Waals surface area contributed by atoms with Crippen molar-refractivity contribution < 1.29 is 17.9 Å². The topological polar surface area (TPSA) is 75.7 Å². The van der Waals surface area contributed by atoms with E-state index in [0.29, 0.717) is 24.6 Å². The molecule has 1 heterocycles. The van der Waals surface area contributed by atoms with Crippen molar-refractivity contribution in [3.05, 3.63) is 29.3 Å². The first-order valence-corrected chi connectivity index (χ1v) is 8.68. The number of ether oxygens (including phenoxy) is 1. The number of sulfonamides is 1. The molecule has 0 spiro atoms. The van der Waals surface area contributed by atoms with Crippen molar-refractivity contribution in [2.24, 2.45) is 5.92 Å². The Labute approximate surface area is 131 Å². The number of benzene rings is 1. The summed E-state index contributed by atoms with van der Waals surface area (Å²) in [5.41, 5.74) is 0.877. The van der Waals surface area contributed by atoms with Crippen LogP contribution >= 0.6 is 0 Å². The van der Waals surface area contributed by atoms with Gasteiger partial charge < -0.3 is 10.1 Å². The second-order valence-corrected chi connectivity index (χ2v) is 7.45. The molecule has 2 rings (SSSR count). The number of rotatable bonds is 5. The van der Waals surface area contributed by atoms with E-state index in [1.54, 1.807) is 19.1 Å². The van der Waals surface area contributed by atoms with Crippen molar-refractivity contribution in [1.29, 1.82) is 0 Å². The average Bonchev–Trinajstić information content (AvgIpc) is 2.96. The lowest BCUT2D eigenvalue weighted by molar-refractivity contribution is 0.0600. The highest BCUT2D eigenvalue weighted by Crippen LogP contribution is 2.27. The molecule has 1 atom stereocenters. The molecule has 1 aromatic rings. The summed E-state index contributed by atoms with van der Waals surface area (Å²) in [4.78, 5) is 11.8. The van der Waals surface area contributed by atoms with E-state index in [1.165, 1.54) is 17.5 Å². The summed E-state index contributed by atoms with van der Waals surface area (Å²) in [7, 11) is -0.448. The zero-order valence-corrected chi connectivity index (χ0v) is 13.9. The first kappa shape index (κ1) is 16.9.